The molecule has 0 fully saturated rings. The van der Waals surface area contributed by atoms with Crippen LogP contribution in [0.5, 0.6) is 5.75 Å². The Balaban J connectivity index is 1.97. The average molecular weight is 253 g/mol. The summed E-state index contributed by atoms with van der Waals surface area (Å²) in [6.07, 6.45) is 0. The summed E-state index contributed by atoms with van der Waals surface area (Å²) in [5.41, 5.74) is 8.39. The van der Waals surface area contributed by atoms with Crippen LogP contribution in [0, 0.1) is 0 Å². The zero-order valence-electron chi connectivity index (χ0n) is 10.5. The van der Waals surface area contributed by atoms with Gasteiger partial charge in [0.15, 0.2) is 0 Å². The smallest absolute Gasteiger partial charge is 0.138 e. The number of nitrogens with one attached hydrogen (secondary N) is 1. The first-order valence-corrected chi connectivity index (χ1v) is 6.25. The molecule has 96 valence electrons. The highest BCUT2D eigenvalue weighted by molar-refractivity contribution is 5.80. The van der Waals surface area contributed by atoms with Crippen molar-refractivity contribution in [2.45, 2.75) is 0 Å². The molecule has 1 heterocycles. The standard InChI is InChI=1S/C15H15N3O/c16-8-9-19-12-6-7-13-14(10-12)18-15(17-13)11-4-2-1-3-5-11/h1-7,10H,8-9,16H2,(H,17,18). The van der Waals surface area contributed by atoms with Gasteiger partial charge in [-0.2, -0.15) is 0 Å². The van der Waals surface area contributed by atoms with Gasteiger partial charge in [-0.15, -0.1) is 0 Å². The van der Waals surface area contributed by atoms with Crippen LogP contribution in [-0.4, -0.2) is 23.1 Å². The molecule has 3 rings (SSSR count). The molecule has 0 radical (unpaired) electrons. The zero-order chi connectivity index (χ0) is 13.1. The Kier molecular flexibility index (Phi) is 3.16. The van der Waals surface area contributed by atoms with Crippen molar-refractivity contribution >= 4 is 11.0 Å². The van der Waals surface area contributed by atoms with Crippen molar-refractivity contribution in [3.63, 3.8) is 0 Å². The number of hydrogen-bond acceptors (Lipinski definition) is 3. The minimum absolute atomic E-state index is 0.510. The Morgan fingerprint density at radius 3 is 2.74 bits per heavy atom. The van der Waals surface area contributed by atoms with Crippen LogP contribution in [0.1, 0.15) is 0 Å². The molecule has 0 unspecified atom stereocenters. The van der Waals surface area contributed by atoms with Crippen molar-refractivity contribution < 1.29 is 4.74 Å². The summed E-state index contributed by atoms with van der Waals surface area (Å²) in [6, 6.07) is 15.9. The summed E-state index contributed by atoms with van der Waals surface area (Å²) in [5.74, 6) is 1.67. The fourth-order valence-corrected chi connectivity index (χ4v) is 1.99. The maximum atomic E-state index is 5.51. The molecule has 3 aromatic rings. The molecule has 0 spiro atoms. The summed E-state index contributed by atoms with van der Waals surface area (Å²) >= 11 is 0. The molecular weight excluding hydrogens is 238 g/mol. The van der Waals surface area contributed by atoms with Gasteiger partial charge in [0.05, 0.1) is 11.0 Å². The third kappa shape index (κ3) is 2.44. The lowest BCUT2D eigenvalue weighted by Crippen LogP contribution is -2.10. The minimum atomic E-state index is 0.510. The van der Waals surface area contributed by atoms with Gasteiger partial charge in [0.1, 0.15) is 18.2 Å². The van der Waals surface area contributed by atoms with Crippen LogP contribution < -0.4 is 10.5 Å². The van der Waals surface area contributed by atoms with Crippen molar-refractivity contribution in [1.82, 2.24) is 9.97 Å². The number of aromatic amines is 1. The molecule has 0 atom stereocenters. The molecule has 1 aromatic heterocycles. The lowest BCUT2D eigenvalue weighted by atomic mass is 10.2. The van der Waals surface area contributed by atoms with E-state index in [0.29, 0.717) is 13.2 Å². The summed E-state index contributed by atoms with van der Waals surface area (Å²) in [6.45, 7) is 1.03. The summed E-state index contributed by atoms with van der Waals surface area (Å²) < 4.78 is 5.51. The number of fused-ring (bicyclic) bond motifs is 1. The van der Waals surface area contributed by atoms with Gasteiger partial charge in [0.2, 0.25) is 0 Å². The van der Waals surface area contributed by atoms with E-state index in [0.717, 1.165) is 28.2 Å². The molecule has 3 N–H and O–H groups in total. The quantitative estimate of drug-likeness (QED) is 0.751. The van der Waals surface area contributed by atoms with E-state index in [1.165, 1.54) is 0 Å². The number of aromatic nitrogens is 2. The highest BCUT2D eigenvalue weighted by Crippen LogP contribution is 2.23. The number of rotatable bonds is 4. The molecular formula is C15H15N3O. The minimum Gasteiger partial charge on any atom is -0.492 e. The second-order valence-corrected chi connectivity index (χ2v) is 4.27. The maximum absolute atomic E-state index is 5.51. The predicted octanol–water partition coefficient (Wildman–Crippen LogP) is 2.57. The molecule has 0 aliphatic heterocycles. The van der Waals surface area contributed by atoms with Crippen molar-refractivity contribution in [3.8, 4) is 17.1 Å². The SMILES string of the molecule is NCCOc1ccc2nc(-c3ccccc3)[nH]c2c1. The van der Waals surface area contributed by atoms with Gasteiger partial charge in [-0.25, -0.2) is 4.98 Å². The Morgan fingerprint density at radius 2 is 1.95 bits per heavy atom. The van der Waals surface area contributed by atoms with Gasteiger partial charge in [0, 0.05) is 18.2 Å². The number of H-pyrrole nitrogens is 1. The Labute approximate surface area is 111 Å². The van der Waals surface area contributed by atoms with E-state index < -0.39 is 0 Å². The monoisotopic (exact) mass is 253 g/mol. The molecule has 0 aliphatic rings. The second-order valence-electron chi connectivity index (χ2n) is 4.27. The first-order chi connectivity index (χ1) is 9.36. The van der Waals surface area contributed by atoms with Crippen LogP contribution in [0.2, 0.25) is 0 Å². The molecule has 0 bridgehead atoms. The highest BCUT2D eigenvalue weighted by Gasteiger charge is 2.05. The van der Waals surface area contributed by atoms with Gasteiger partial charge >= 0.3 is 0 Å². The third-order valence-electron chi connectivity index (χ3n) is 2.89. The summed E-state index contributed by atoms with van der Waals surface area (Å²) in [4.78, 5) is 7.87. The van der Waals surface area contributed by atoms with Crippen LogP contribution in [0.4, 0.5) is 0 Å². The van der Waals surface area contributed by atoms with E-state index in [9.17, 15) is 0 Å². The van der Waals surface area contributed by atoms with Crippen LogP contribution >= 0.6 is 0 Å². The van der Waals surface area contributed by atoms with Crippen molar-refractivity contribution in [2.75, 3.05) is 13.2 Å². The topological polar surface area (TPSA) is 63.9 Å². The zero-order valence-corrected chi connectivity index (χ0v) is 10.5. The normalized spacial score (nSPS) is 10.8. The summed E-state index contributed by atoms with van der Waals surface area (Å²) in [7, 11) is 0. The fourth-order valence-electron chi connectivity index (χ4n) is 1.99. The van der Waals surface area contributed by atoms with Crippen LogP contribution in [0.15, 0.2) is 48.5 Å². The largest absolute Gasteiger partial charge is 0.492 e. The van der Waals surface area contributed by atoms with Gasteiger partial charge in [-0.05, 0) is 12.1 Å². The highest BCUT2D eigenvalue weighted by atomic mass is 16.5. The summed E-state index contributed by atoms with van der Waals surface area (Å²) in [5, 5.41) is 0. The molecule has 0 saturated carbocycles. The number of nitrogens with two attached hydrogens (primary N) is 1. The van der Waals surface area contributed by atoms with Crippen molar-refractivity contribution in [1.29, 1.82) is 0 Å². The molecule has 0 aliphatic carbocycles. The van der Waals surface area contributed by atoms with Gasteiger partial charge in [0.25, 0.3) is 0 Å². The number of imidazole rings is 1. The van der Waals surface area contributed by atoms with Gasteiger partial charge in [-0.1, -0.05) is 30.3 Å². The Bertz CT molecular complexity index is 676. The number of nitrogens with zero attached hydrogens (tertiary/aromatic N) is 1. The number of benzene rings is 2. The number of ether oxygens (including phenoxy) is 1. The molecule has 0 amide bonds. The molecule has 0 saturated heterocycles. The third-order valence-corrected chi connectivity index (χ3v) is 2.89. The average Bonchev–Trinajstić information content (AvgIpc) is 2.89. The van der Waals surface area contributed by atoms with E-state index in [2.05, 4.69) is 9.97 Å². The van der Waals surface area contributed by atoms with Gasteiger partial charge < -0.3 is 15.5 Å². The van der Waals surface area contributed by atoms with Crippen LogP contribution in [-0.2, 0) is 0 Å². The Hall–Kier alpha value is -2.33. The predicted molar refractivity (Wildman–Crippen MR) is 76.1 cm³/mol. The molecule has 4 nitrogen and oxygen atoms in total. The van der Waals surface area contributed by atoms with E-state index in [1.54, 1.807) is 0 Å². The van der Waals surface area contributed by atoms with Crippen LogP contribution in [0.25, 0.3) is 22.4 Å². The van der Waals surface area contributed by atoms with E-state index in [1.807, 2.05) is 48.5 Å². The van der Waals surface area contributed by atoms with E-state index >= 15 is 0 Å². The number of hydrogen-bond donors (Lipinski definition) is 2. The first kappa shape index (κ1) is 11.7. The lowest BCUT2D eigenvalue weighted by Gasteiger charge is -2.02. The van der Waals surface area contributed by atoms with Crippen molar-refractivity contribution in [3.05, 3.63) is 48.5 Å². The molecule has 19 heavy (non-hydrogen) atoms. The first-order valence-electron chi connectivity index (χ1n) is 6.25. The maximum Gasteiger partial charge on any atom is 0.138 e. The lowest BCUT2D eigenvalue weighted by molar-refractivity contribution is 0.328. The van der Waals surface area contributed by atoms with Crippen molar-refractivity contribution in [2.24, 2.45) is 5.73 Å². The van der Waals surface area contributed by atoms with Crippen LogP contribution in [0.3, 0.4) is 0 Å². The molecule has 2 aromatic carbocycles. The van der Waals surface area contributed by atoms with Gasteiger partial charge in [-0.3, -0.25) is 0 Å². The fraction of sp³-hybridized carbons (Fsp3) is 0.133. The van der Waals surface area contributed by atoms with E-state index in [-0.39, 0.29) is 0 Å². The van der Waals surface area contributed by atoms with E-state index in [4.69, 9.17) is 10.5 Å². The molecule has 4 heteroatoms. The second kappa shape index (κ2) is 5.12. The Morgan fingerprint density at radius 1 is 1.11 bits per heavy atom.